The summed E-state index contributed by atoms with van der Waals surface area (Å²) in [5.74, 6) is 0.445. The van der Waals surface area contributed by atoms with Gasteiger partial charge in [0.2, 0.25) is 0 Å². The van der Waals surface area contributed by atoms with E-state index in [4.69, 9.17) is 15.7 Å². The van der Waals surface area contributed by atoms with Crippen molar-refractivity contribution in [1.29, 1.82) is 5.26 Å². The number of nitriles is 1. The van der Waals surface area contributed by atoms with E-state index in [2.05, 4.69) is 0 Å². The molecular weight excluding hydrogens is 243 g/mol. The van der Waals surface area contributed by atoms with Crippen molar-refractivity contribution >= 4 is 0 Å². The van der Waals surface area contributed by atoms with Gasteiger partial charge in [-0.2, -0.15) is 5.26 Å². The molecule has 0 saturated heterocycles. The highest BCUT2D eigenvalue weighted by molar-refractivity contribution is 5.43. The van der Waals surface area contributed by atoms with Crippen molar-refractivity contribution in [2.75, 3.05) is 0 Å². The molecule has 0 fully saturated rings. The third kappa shape index (κ3) is 2.90. The molecule has 2 N–H and O–H groups in total. The predicted octanol–water partition coefficient (Wildman–Crippen LogP) is 3.51. The molecular formula is C15H13FN2O. The number of ether oxygens (including phenoxy) is 1. The van der Waals surface area contributed by atoms with Crippen molar-refractivity contribution in [2.24, 2.45) is 5.73 Å². The van der Waals surface area contributed by atoms with Crippen LogP contribution in [0.1, 0.15) is 24.1 Å². The Morgan fingerprint density at radius 2 is 2.00 bits per heavy atom. The van der Waals surface area contributed by atoms with Gasteiger partial charge in [-0.15, -0.1) is 0 Å². The largest absolute Gasteiger partial charge is 0.457 e. The molecule has 1 unspecified atom stereocenters. The molecule has 0 heterocycles. The van der Waals surface area contributed by atoms with Crippen LogP contribution in [0.3, 0.4) is 0 Å². The van der Waals surface area contributed by atoms with Gasteiger partial charge in [0, 0.05) is 11.6 Å². The van der Waals surface area contributed by atoms with Crippen LogP contribution in [0.25, 0.3) is 0 Å². The first-order valence-corrected chi connectivity index (χ1v) is 5.84. The number of nitrogens with two attached hydrogens (primary N) is 1. The second-order valence-electron chi connectivity index (χ2n) is 4.18. The normalized spacial score (nSPS) is 11.7. The number of hydrogen-bond donors (Lipinski definition) is 1. The Balaban J connectivity index is 2.38. The van der Waals surface area contributed by atoms with E-state index < -0.39 is 11.9 Å². The number of hydrogen-bond acceptors (Lipinski definition) is 3. The van der Waals surface area contributed by atoms with Crippen molar-refractivity contribution in [3.63, 3.8) is 0 Å². The molecule has 4 heteroatoms. The average molecular weight is 256 g/mol. The second-order valence-corrected chi connectivity index (χ2v) is 4.18. The summed E-state index contributed by atoms with van der Waals surface area (Å²) >= 11 is 0. The SMILES string of the molecule is CC(N)c1c(F)cccc1Oc1cccc(C#N)c1. The lowest BCUT2D eigenvalue weighted by molar-refractivity contribution is 0.460. The Hall–Kier alpha value is -2.38. The van der Waals surface area contributed by atoms with E-state index in [0.717, 1.165) is 0 Å². The van der Waals surface area contributed by atoms with Gasteiger partial charge in [0.15, 0.2) is 0 Å². The van der Waals surface area contributed by atoms with Crippen LogP contribution >= 0.6 is 0 Å². The first kappa shape index (κ1) is 13.1. The Morgan fingerprint density at radius 1 is 1.26 bits per heavy atom. The van der Waals surface area contributed by atoms with E-state index in [0.29, 0.717) is 22.6 Å². The minimum absolute atomic E-state index is 0.324. The lowest BCUT2D eigenvalue weighted by atomic mass is 10.1. The fraction of sp³-hybridized carbons (Fsp3) is 0.133. The zero-order valence-corrected chi connectivity index (χ0v) is 10.4. The van der Waals surface area contributed by atoms with E-state index >= 15 is 0 Å². The molecule has 0 saturated carbocycles. The molecule has 2 rings (SSSR count). The van der Waals surface area contributed by atoms with Crippen molar-refractivity contribution in [3.05, 3.63) is 59.4 Å². The second kappa shape index (κ2) is 5.51. The summed E-state index contributed by atoms with van der Waals surface area (Å²) in [6.45, 7) is 1.69. The summed E-state index contributed by atoms with van der Waals surface area (Å²) in [5.41, 5.74) is 6.56. The molecule has 0 aliphatic rings. The van der Waals surface area contributed by atoms with Gasteiger partial charge in [0.25, 0.3) is 0 Å². The molecule has 19 heavy (non-hydrogen) atoms. The van der Waals surface area contributed by atoms with E-state index in [1.54, 1.807) is 43.3 Å². The van der Waals surface area contributed by atoms with Gasteiger partial charge in [-0.3, -0.25) is 0 Å². The number of nitrogens with zero attached hydrogens (tertiary/aromatic N) is 1. The molecule has 3 nitrogen and oxygen atoms in total. The van der Waals surface area contributed by atoms with Gasteiger partial charge in [-0.1, -0.05) is 12.1 Å². The Morgan fingerprint density at radius 3 is 2.68 bits per heavy atom. The minimum Gasteiger partial charge on any atom is -0.457 e. The summed E-state index contributed by atoms with van der Waals surface area (Å²) < 4.78 is 19.4. The molecule has 0 radical (unpaired) electrons. The summed E-state index contributed by atoms with van der Waals surface area (Å²) in [4.78, 5) is 0. The number of halogens is 1. The highest BCUT2D eigenvalue weighted by Crippen LogP contribution is 2.30. The van der Waals surface area contributed by atoms with Crippen molar-refractivity contribution < 1.29 is 9.13 Å². The standard InChI is InChI=1S/C15H13FN2O/c1-10(18)15-13(16)6-3-7-14(15)19-12-5-2-4-11(8-12)9-17/h2-8,10H,18H2,1H3. The maximum absolute atomic E-state index is 13.7. The Kier molecular flexibility index (Phi) is 3.79. The van der Waals surface area contributed by atoms with E-state index in [1.165, 1.54) is 6.07 Å². The molecule has 2 aromatic rings. The van der Waals surface area contributed by atoms with Crippen LogP contribution in [0.15, 0.2) is 42.5 Å². The van der Waals surface area contributed by atoms with Gasteiger partial charge >= 0.3 is 0 Å². The van der Waals surface area contributed by atoms with Crippen molar-refractivity contribution in [2.45, 2.75) is 13.0 Å². The van der Waals surface area contributed by atoms with E-state index in [1.807, 2.05) is 6.07 Å². The molecule has 0 bridgehead atoms. The van der Waals surface area contributed by atoms with Crippen LogP contribution in [0.2, 0.25) is 0 Å². The lowest BCUT2D eigenvalue weighted by Crippen LogP contribution is -2.09. The van der Waals surface area contributed by atoms with Gasteiger partial charge in [-0.05, 0) is 37.3 Å². The molecule has 0 spiro atoms. The zero-order chi connectivity index (χ0) is 13.8. The van der Waals surface area contributed by atoms with Gasteiger partial charge in [-0.25, -0.2) is 4.39 Å². The van der Waals surface area contributed by atoms with Crippen LogP contribution in [-0.2, 0) is 0 Å². The van der Waals surface area contributed by atoms with Crippen molar-refractivity contribution in [1.82, 2.24) is 0 Å². The van der Waals surface area contributed by atoms with Crippen LogP contribution < -0.4 is 10.5 Å². The predicted molar refractivity (Wildman–Crippen MR) is 70.2 cm³/mol. The van der Waals surface area contributed by atoms with Crippen LogP contribution in [0.4, 0.5) is 4.39 Å². The molecule has 2 aromatic carbocycles. The summed E-state index contributed by atoms with van der Waals surface area (Å²) in [6, 6.07) is 12.8. The first-order valence-electron chi connectivity index (χ1n) is 5.84. The highest BCUT2D eigenvalue weighted by atomic mass is 19.1. The fourth-order valence-corrected chi connectivity index (χ4v) is 1.80. The zero-order valence-electron chi connectivity index (χ0n) is 10.4. The number of benzene rings is 2. The van der Waals surface area contributed by atoms with E-state index in [9.17, 15) is 4.39 Å². The lowest BCUT2D eigenvalue weighted by Gasteiger charge is -2.14. The third-order valence-electron chi connectivity index (χ3n) is 2.66. The topological polar surface area (TPSA) is 59.0 Å². The fourth-order valence-electron chi connectivity index (χ4n) is 1.80. The number of rotatable bonds is 3. The first-order chi connectivity index (χ1) is 9.11. The smallest absolute Gasteiger partial charge is 0.135 e. The maximum Gasteiger partial charge on any atom is 0.135 e. The Labute approximate surface area is 111 Å². The van der Waals surface area contributed by atoms with Crippen molar-refractivity contribution in [3.8, 4) is 17.6 Å². The summed E-state index contributed by atoms with van der Waals surface area (Å²) in [5, 5.41) is 8.83. The minimum atomic E-state index is -0.477. The van der Waals surface area contributed by atoms with Crippen LogP contribution in [-0.4, -0.2) is 0 Å². The molecule has 0 aliphatic heterocycles. The van der Waals surface area contributed by atoms with Gasteiger partial charge in [0.1, 0.15) is 17.3 Å². The van der Waals surface area contributed by atoms with Gasteiger partial charge in [0.05, 0.1) is 11.6 Å². The maximum atomic E-state index is 13.7. The quantitative estimate of drug-likeness (QED) is 0.914. The molecule has 0 aliphatic carbocycles. The highest BCUT2D eigenvalue weighted by Gasteiger charge is 2.14. The average Bonchev–Trinajstić information content (AvgIpc) is 2.38. The van der Waals surface area contributed by atoms with Crippen LogP contribution in [0.5, 0.6) is 11.5 Å². The molecule has 0 amide bonds. The third-order valence-corrected chi connectivity index (χ3v) is 2.66. The van der Waals surface area contributed by atoms with Crippen LogP contribution in [0, 0.1) is 17.1 Å². The molecule has 1 atom stereocenters. The van der Waals surface area contributed by atoms with Gasteiger partial charge < -0.3 is 10.5 Å². The monoisotopic (exact) mass is 256 g/mol. The summed E-state index contributed by atoms with van der Waals surface area (Å²) in [6.07, 6.45) is 0. The summed E-state index contributed by atoms with van der Waals surface area (Å²) in [7, 11) is 0. The Bertz CT molecular complexity index is 632. The van der Waals surface area contributed by atoms with E-state index in [-0.39, 0.29) is 0 Å². The molecule has 96 valence electrons. The molecule has 0 aromatic heterocycles.